The van der Waals surface area contributed by atoms with Crippen molar-refractivity contribution >= 4 is 0 Å². The molecule has 0 spiro atoms. The minimum absolute atomic E-state index is 0.153. The van der Waals surface area contributed by atoms with E-state index in [1.165, 1.54) is 12.1 Å². The summed E-state index contributed by atoms with van der Waals surface area (Å²) in [4.78, 5) is 0. The van der Waals surface area contributed by atoms with Crippen LogP contribution in [0.3, 0.4) is 0 Å². The van der Waals surface area contributed by atoms with Gasteiger partial charge in [0.15, 0.2) is 0 Å². The fourth-order valence-electron chi connectivity index (χ4n) is 2.18. The van der Waals surface area contributed by atoms with E-state index in [9.17, 15) is 13.9 Å². The molecule has 0 aromatic heterocycles. The summed E-state index contributed by atoms with van der Waals surface area (Å²) in [5.74, 6) is -0.547. The molecule has 2 aromatic carbocycles. The molecule has 1 atom stereocenters. The molecule has 2 nitrogen and oxygen atoms in total. The van der Waals surface area contributed by atoms with E-state index in [1.807, 2.05) is 6.92 Å². The quantitative estimate of drug-likeness (QED) is 0.926. The SMILES string of the molecule is COc1ccc(C(O)Cc2cc(F)cc(F)c2)cc1C. The van der Waals surface area contributed by atoms with Gasteiger partial charge in [0.25, 0.3) is 0 Å². The Labute approximate surface area is 116 Å². The van der Waals surface area contributed by atoms with Crippen LogP contribution in [0, 0.1) is 18.6 Å². The Bertz CT molecular complexity index is 591. The molecule has 0 saturated carbocycles. The Morgan fingerprint density at radius 3 is 2.30 bits per heavy atom. The molecule has 1 unspecified atom stereocenters. The highest BCUT2D eigenvalue weighted by Gasteiger charge is 2.12. The van der Waals surface area contributed by atoms with Crippen molar-refractivity contribution in [2.45, 2.75) is 19.4 Å². The highest BCUT2D eigenvalue weighted by Crippen LogP contribution is 2.25. The molecule has 0 radical (unpaired) electrons. The molecular weight excluding hydrogens is 262 g/mol. The predicted molar refractivity (Wildman–Crippen MR) is 72.8 cm³/mol. The van der Waals surface area contributed by atoms with E-state index in [0.29, 0.717) is 11.1 Å². The van der Waals surface area contributed by atoms with Gasteiger partial charge < -0.3 is 9.84 Å². The minimum Gasteiger partial charge on any atom is -0.496 e. The maximum absolute atomic E-state index is 13.1. The van der Waals surface area contributed by atoms with Crippen molar-refractivity contribution in [3.8, 4) is 5.75 Å². The number of aliphatic hydroxyl groups is 1. The highest BCUT2D eigenvalue weighted by molar-refractivity contribution is 5.37. The number of hydrogen-bond donors (Lipinski definition) is 1. The van der Waals surface area contributed by atoms with E-state index in [-0.39, 0.29) is 6.42 Å². The molecule has 2 aromatic rings. The Balaban J connectivity index is 2.19. The monoisotopic (exact) mass is 278 g/mol. The second-order valence-electron chi connectivity index (χ2n) is 4.73. The van der Waals surface area contributed by atoms with Gasteiger partial charge in [-0.3, -0.25) is 0 Å². The van der Waals surface area contributed by atoms with Crippen LogP contribution in [0.25, 0.3) is 0 Å². The van der Waals surface area contributed by atoms with Gasteiger partial charge in [0.2, 0.25) is 0 Å². The summed E-state index contributed by atoms with van der Waals surface area (Å²) in [5.41, 5.74) is 2.01. The van der Waals surface area contributed by atoms with Gasteiger partial charge in [-0.2, -0.15) is 0 Å². The number of benzene rings is 2. The Morgan fingerprint density at radius 1 is 1.10 bits per heavy atom. The van der Waals surface area contributed by atoms with Gasteiger partial charge in [-0.05, 0) is 47.9 Å². The van der Waals surface area contributed by atoms with E-state index in [4.69, 9.17) is 4.74 Å². The first kappa shape index (κ1) is 14.5. The van der Waals surface area contributed by atoms with Crippen molar-refractivity contribution in [1.29, 1.82) is 0 Å². The molecule has 0 amide bonds. The topological polar surface area (TPSA) is 29.5 Å². The summed E-state index contributed by atoms with van der Waals surface area (Å²) >= 11 is 0. The molecule has 20 heavy (non-hydrogen) atoms. The zero-order chi connectivity index (χ0) is 14.7. The number of hydrogen-bond acceptors (Lipinski definition) is 2. The second kappa shape index (κ2) is 6.01. The molecule has 106 valence electrons. The van der Waals surface area contributed by atoms with E-state index < -0.39 is 17.7 Å². The molecule has 0 aliphatic carbocycles. The molecule has 0 aliphatic heterocycles. The van der Waals surface area contributed by atoms with Crippen molar-refractivity contribution < 1.29 is 18.6 Å². The third-order valence-electron chi connectivity index (χ3n) is 3.16. The first-order valence-corrected chi connectivity index (χ1v) is 6.27. The average Bonchev–Trinajstić information content (AvgIpc) is 2.37. The number of rotatable bonds is 4. The van der Waals surface area contributed by atoms with Crippen LogP contribution in [0.1, 0.15) is 22.8 Å². The average molecular weight is 278 g/mol. The lowest BCUT2D eigenvalue weighted by Gasteiger charge is -2.13. The van der Waals surface area contributed by atoms with Crippen molar-refractivity contribution in [2.24, 2.45) is 0 Å². The molecule has 0 heterocycles. The van der Waals surface area contributed by atoms with Crippen LogP contribution in [0.2, 0.25) is 0 Å². The van der Waals surface area contributed by atoms with Gasteiger partial charge >= 0.3 is 0 Å². The third-order valence-corrected chi connectivity index (χ3v) is 3.16. The lowest BCUT2D eigenvalue weighted by Crippen LogP contribution is -2.03. The van der Waals surface area contributed by atoms with Gasteiger partial charge in [-0.1, -0.05) is 6.07 Å². The minimum atomic E-state index is -0.819. The van der Waals surface area contributed by atoms with Gasteiger partial charge in [0, 0.05) is 12.5 Å². The Kier molecular flexibility index (Phi) is 4.35. The van der Waals surface area contributed by atoms with Crippen LogP contribution in [0.4, 0.5) is 8.78 Å². The lowest BCUT2D eigenvalue weighted by molar-refractivity contribution is 0.178. The Hall–Kier alpha value is -1.94. The number of aryl methyl sites for hydroxylation is 1. The standard InChI is InChI=1S/C16H16F2O2/c1-10-5-12(3-4-16(10)20-2)15(19)8-11-6-13(17)9-14(18)7-11/h3-7,9,15,19H,8H2,1-2H3. The first-order chi connectivity index (χ1) is 9.49. The molecule has 2 rings (SSSR count). The van der Waals surface area contributed by atoms with Crippen molar-refractivity contribution in [3.63, 3.8) is 0 Å². The van der Waals surface area contributed by atoms with Crippen LogP contribution in [0.5, 0.6) is 5.75 Å². The summed E-state index contributed by atoms with van der Waals surface area (Å²) in [6, 6.07) is 8.57. The molecule has 0 saturated heterocycles. The zero-order valence-corrected chi connectivity index (χ0v) is 11.4. The van der Waals surface area contributed by atoms with E-state index in [2.05, 4.69) is 0 Å². The third kappa shape index (κ3) is 3.33. The van der Waals surface area contributed by atoms with Crippen molar-refractivity contribution in [3.05, 3.63) is 64.7 Å². The van der Waals surface area contributed by atoms with Crippen LogP contribution in [-0.2, 0) is 6.42 Å². The number of aliphatic hydroxyl groups excluding tert-OH is 1. The van der Waals surface area contributed by atoms with Crippen LogP contribution >= 0.6 is 0 Å². The lowest BCUT2D eigenvalue weighted by atomic mass is 9.99. The molecule has 0 fully saturated rings. The molecule has 0 bridgehead atoms. The van der Waals surface area contributed by atoms with Crippen LogP contribution < -0.4 is 4.74 Å². The summed E-state index contributed by atoms with van der Waals surface area (Å²) in [6.07, 6.45) is -0.665. The zero-order valence-electron chi connectivity index (χ0n) is 11.4. The largest absolute Gasteiger partial charge is 0.496 e. The van der Waals surface area contributed by atoms with Crippen molar-refractivity contribution in [2.75, 3.05) is 7.11 Å². The maximum Gasteiger partial charge on any atom is 0.126 e. The van der Waals surface area contributed by atoms with Gasteiger partial charge in [-0.25, -0.2) is 8.78 Å². The molecular formula is C16H16F2O2. The second-order valence-corrected chi connectivity index (χ2v) is 4.73. The fraction of sp³-hybridized carbons (Fsp3) is 0.250. The summed E-state index contributed by atoms with van der Waals surface area (Å²) in [6.45, 7) is 1.87. The number of methoxy groups -OCH3 is 1. The van der Waals surface area contributed by atoms with E-state index >= 15 is 0 Å². The normalized spacial score (nSPS) is 12.2. The van der Waals surface area contributed by atoms with Gasteiger partial charge in [-0.15, -0.1) is 0 Å². The van der Waals surface area contributed by atoms with Crippen LogP contribution in [-0.4, -0.2) is 12.2 Å². The predicted octanol–water partition coefficient (Wildman–Crippen LogP) is 3.56. The molecule has 1 N–H and O–H groups in total. The van der Waals surface area contributed by atoms with Crippen LogP contribution in [0.15, 0.2) is 36.4 Å². The van der Waals surface area contributed by atoms with Gasteiger partial charge in [0.1, 0.15) is 17.4 Å². The Morgan fingerprint density at radius 2 is 1.75 bits per heavy atom. The molecule has 4 heteroatoms. The maximum atomic E-state index is 13.1. The number of ether oxygens (including phenoxy) is 1. The van der Waals surface area contributed by atoms with E-state index in [1.54, 1.807) is 25.3 Å². The summed E-state index contributed by atoms with van der Waals surface area (Å²) < 4.78 is 31.4. The smallest absolute Gasteiger partial charge is 0.126 e. The summed E-state index contributed by atoms with van der Waals surface area (Å²) in [5, 5.41) is 10.2. The van der Waals surface area contributed by atoms with E-state index in [0.717, 1.165) is 17.4 Å². The first-order valence-electron chi connectivity index (χ1n) is 6.27. The van der Waals surface area contributed by atoms with Gasteiger partial charge in [0.05, 0.1) is 13.2 Å². The highest BCUT2D eigenvalue weighted by atomic mass is 19.1. The number of halogens is 2. The molecule has 0 aliphatic rings. The van der Waals surface area contributed by atoms with Crippen molar-refractivity contribution in [1.82, 2.24) is 0 Å². The fourth-order valence-corrected chi connectivity index (χ4v) is 2.18. The summed E-state index contributed by atoms with van der Waals surface area (Å²) in [7, 11) is 1.58.